The van der Waals surface area contributed by atoms with E-state index in [1.807, 2.05) is 14.0 Å². The fraction of sp³-hybridized carbons (Fsp3) is 0.923. The van der Waals surface area contributed by atoms with Gasteiger partial charge in [-0.1, -0.05) is 6.92 Å². The van der Waals surface area contributed by atoms with Crippen LogP contribution < -0.4 is 5.32 Å². The number of hydrogen-bond donors (Lipinski definition) is 1. The van der Waals surface area contributed by atoms with Crippen molar-refractivity contribution in [3.05, 3.63) is 0 Å². The first-order valence-corrected chi connectivity index (χ1v) is 6.84. The fourth-order valence-corrected chi connectivity index (χ4v) is 2.22. The largest absolute Gasteiger partial charge is 0.345 e. The van der Waals surface area contributed by atoms with Crippen LogP contribution in [0.3, 0.4) is 0 Å². The molecular formula is C13H27N3O. The van der Waals surface area contributed by atoms with Crippen LogP contribution in [0.4, 0.5) is 0 Å². The highest BCUT2D eigenvalue weighted by Gasteiger charge is 2.18. The van der Waals surface area contributed by atoms with Gasteiger partial charge in [-0.25, -0.2) is 0 Å². The van der Waals surface area contributed by atoms with E-state index in [-0.39, 0.29) is 5.91 Å². The molecule has 0 spiro atoms. The van der Waals surface area contributed by atoms with Gasteiger partial charge in [0.05, 0.1) is 6.54 Å². The SMILES string of the molecule is CCN(CC(=O)N(C)CC)CC1CCNCC1. The molecule has 0 bridgehead atoms. The summed E-state index contributed by atoms with van der Waals surface area (Å²) < 4.78 is 0. The summed E-state index contributed by atoms with van der Waals surface area (Å²) in [6, 6.07) is 0. The molecule has 100 valence electrons. The first-order valence-electron chi connectivity index (χ1n) is 6.84. The summed E-state index contributed by atoms with van der Waals surface area (Å²) in [5, 5.41) is 3.38. The van der Waals surface area contributed by atoms with Crippen LogP contribution in [0.2, 0.25) is 0 Å². The maximum Gasteiger partial charge on any atom is 0.236 e. The molecule has 0 aromatic carbocycles. The quantitative estimate of drug-likeness (QED) is 0.747. The maximum atomic E-state index is 11.9. The summed E-state index contributed by atoms with van der Waals surface area (Å²) >= 11 is 0. The molecule has 1 aliphatic heterocycles. The van der Waals surface area contributed by atoms with E-state index >= 15 is 0 Å². The summed E-state index contributed by atoms with van der Waals surface area (Å²) in [6.07, 6.45) is 2.49. The molecule has 1 fully saturated rings. The van der Waals surface area contributed by atoms with E-state index in [1.54, 1.807) is 4.90 Å². The molecule has 0 aromatic rings. The Morgan fingerprint density at radius 3 is 2.41 bits per heavy atom. The van der Waals surface area contributed by atoms with Gasteiger partial charge in [-0.2, -0.15) is 0 Å². The lowest BCUT2D eigenvalue weighted by Gasteiger charge is -2.29. The summed E-state index contributed by atoms with van der Waals surface area (Å²) in [4.78, 5) is 15.9. The Kier molecular flexibility index (Phi) is 6.52. The smallest absolute Gasteiger partial charge is 0.236 e. The monoisotopic (exact) mass is 241 g/mol. The minimum Gasteiger partial charge on any atom is -0.345 e. The molecule has 0 aliphatic carbocycles. The average Bonchev–Trinajstić information content (AvgIpc) is 2.38. The summed E-state index contributed by atoms with van der Waals surface area (Å²) in [7, 11) is 1.88. The van der Waals surface area contributed by atoms with Crippen molar-refractivity contribution in [2.24, 2.45) is 5.92 Å². The van der Waals surface area contributed by atoms with Crippen molar-refractivity contribution in [2.75, 3.05) is 46.3 Å². The van der Waals surface area contributed by atoms with Crippen LogP contribution >= 0.6 is 0 Å². The average molecular weight is 241 g/mol. The predicted octanol–water partition coefficient (Wildman–Crippen LogP) is 0.786. The van der Waals surface area contributed by atoms with Crippen molar-refractivity contribution in [3.8, 4) is 0 Å². The Morgan fingerprint density at radius 2 is 1.88 bits per heavy atom. The molecule has 1 aliphatic rings. The van der Waals surface area contributed by atoms with Crippen LogP contribution in [0.5, 0.6) is 0 Å². The van der Waals surface area contributed by atoms with E-state index in [2.05, 4.69) is 17.1 Å². The zero-order valence-corrected chi connectivity index (χ0v) is 11.5. The second-order valence-corrected chi connectivity index (χ2v) is 4.93. The molecule has 17 heavy (non-hydrogen) atoms. The lowest BCUT2D eigenvalue weighted by Crippen LogP contribution is -2.42. The standard InChI is InChI=1S/C13H27N3O/c1-4-15(3)13(17)11-16(5-2)10-12-6-8-14-9-7-12/h12,14H,4-11H2,1-3H3. The number of rotatable bonds is 6. The van der Waals surface area contributed by atoms with Crippen molar-refractivity contribution < 1.29 is 4.79 Å². The van der Waals surface area contributed by atoms with Gasteiger partial charge in [0.25, 0.3) is 0 Å². The summed E-state index contributed by atoms with van der Waals surface area (Å²) in [6.45, 7) is 9.82. The molecule has 4 nitrogen and oxygen atoms in total. The number of piperidine rings is 1. The van der Waals surface area contributed by atoms with Gasteiger partial charge in [0, 0.05) is 20.1 Å². The number of likely N-dealkylation sites (N-methyl/N-ethyl adjacent to an activating group) is 2. The van der Waals surface area contributed by atoms with Crippen molar-refractivity contribution >= 4 is 5.91 Å². The molecule has 0 aromatic heterocycles. The molecule has 1 rings (SSSR count). The van der Waals surface area contributed by atoms with Crippen LogP contribution in [0.15, 0.2) is 0 Å². The molecular weight excluding hydrogens is 214 g/mol. The van der Waals surface area contributed by atoms with E-state index in [0.717, 1.165) is 38.6 Å². The van der Waals surface area contributed by atoms with E-state index in [1.165, 1.54) is 12.8 Å². The molecule has 4 heteroatoms. The molecule has 0 unspecified atom stereocenters. The lowest BCUT2D eigenvalue weighted by atomic mass is 9.97. The Hall–Kier alpha value is -0.610. The van der Waals surface area contributed by atoms with Crippen LogP contribution in [0.25, 0.3) is 0 Å². The van der Waals surface area contributed by atoms with Gasteiger partial charge < -0.3 is 10.2 Å². The first kappa shape index (κ1) is 14.5. The first-order chi connectivity index (χ1) is 8.17. The fourth-order valence-electron chi connectivity index (χ4n) is 2.22. The zero-order valence-electron chi connectivity index (χ0n) is 11.5. The van der Waals surface area contributed by atoms with Crippen LogP contribution in [0, 0.1) is 5.92 Å². The predicted molar refractivity (Wildman–Crippen MR) is 71.0 cm³/mol. The van der Waals surface area contributed by atoms with Crippen LogP contribution in [-0.2, 0) is 4.79 Å². The number of hydrogen-bond acceptors (Lipinski definition) is 3. The molecule has 0 saturated carbocycles. The summed E-state index contributed by atoms with van der Waals surface area (Å²) in [5.41, 5.74) is 0. The Labute approximate surface area is 105 Å². The van der Waals surface area contributed by atoms with E-state index in [4.69, 9.17) is 0 Å². The molecule has 0 atom stereocenters. The number of amides is 1. The third kappa shape index (κ3) is 5.04. The minimum atomic E-state index is 0.239. The van der Waals surface area contributed by atoms with Gasteiger partial charge in [-0.3, -0.25) is 9.69 Å². The highest BCUT2D eigenvalue weighted by molar-refractivity contribution is 5.77. The summed E-state index contributed by atoms with van der Waals surface area (Å²) in [5.74, 6) is 0.999. The van der Waals surface area contributed by atoms with Crippen molar-refractivity contribution in [2.45, 2.75) is 26.7 Å². The molecule has 1 heterocycles. The highest BCUT2D eigenvalue weighted by Crippen LogP contribution is 2.13. The molecule has 1 saturated heterocycles. The van der Waals surface area contributed by atoms with Gasteiger partial charge in [0.15, 0.2) is 0 Å². The Bertz CT molecular complexity index is 227. The van der Waals surface area contributed by atoms with E-state index in [0.29, 0.717) is 6.54 Å². The van der Waals surface area contributed by atoms with E-state index < -0.39 is 0 Å². The normalized spacial score (nSPS) is 17.4. The van der Waals surface area contributed by atoms with Gasteiger partial charge in [-0.15, -0.1) is 0 Å². The maximum absolute atomic E-state index is 11.9. The van der Waals surface area contributed by atoms with Crippen molar-refractivity contribution in [3.63, 3.8) is 0 Å². The molecule has 1 N–H and O–H groups in total. The molecule has 0 radical (unpaired) electrons. The van der Waals surface area contributed by atoms with Crippen LogP contribution in [-0.4, -0.2) is 62.0 Å². The highest BCUT2D eigenvalue weighted by atomic mass is 16.2. The van der Waals surface area contributed by atoms with Gasteiger partial charge in [0.2, 0.25) is 5.91 Å². The van der Waals surface area contributed by atoms with Crippen molar-refractivity contribution in [1.82, 2.24) is 15.1 Å². The second kappa shape index (κ2) is 7.67. The second-order valence-electron chi connectivity index (χ2n) is 4.93. The number of carbonyl (C=O) groups excluding carboxylic acids is 1. The van der Waals surface area contributed by atoms with E-state index in [9.17, 15) is 4.79 Å². The van der Waals surface area contributed by atoms with Gasteiger partial charge in [-0.05, 0) is 45.3 Å². The number of nitrogens with zero attached hydrogens (tertiary/aromatic N) is 2. The van der Waals surface area contributed by atoms with Crippen LogP contribution in [0.1, 0.15) is 26.7 Å². The van der Waals surface area contributed by atoms with Crippen molar-refractivity contribution in [1.29, 1.82) is 0 Å². The lowest BCUT2D eigenvalue weighted by molar-refractivity contribution is -0.131. The van der Waals surface area contributed by atoms with Gasteiger partial charge >= 0.3 is 0 Å². The minimum absolute atomic E-state index is 0.239. The Morgan fingerprint density at radius 1 is 1.24 bits per heavy atom. The zero-order chi connectivity index (χ0) is 12.7. The number of carbonyl (C=O) groups is 1. The Balaban J connectivity index is 2.34. The number of nitrogens with one attached hydrogen (secondary N) is 1. The topological polar surface area (TPSA) is 35.6 Å². The molecule has 1 amide bonds. The third-order valence-electron chi connectivity index (χ3n) is 3.68. The third-order valence-corrected chi connectivity index (χ3v) is 3.68. The van der Waals surface area contributed by atoms with Gasteiger partial charge in [0.1, 0.15) is 0 Å².